The first-order valence-corrected chi connectivity index (χ1v) is 7.33. The lowest BCUT2D eigenvalue weighted by molar-refractivity contribution is -0.122. The maximum absolute atomic E-state index is 12.1. The summed E-state index contributed by atoms with van der Waals surface area (Å²) in [4.78, 5) is 12.1. The summed E-state index contributed by atoms with van der Waals surface area (Å²) in [6, 6.07) is 8.69. The first-order chi connectivity index (χ1) is 8.93. The van der Waals surface area contributed by atoms with Crippen molar-refractivity contribution in [2.24, 2.45) is 5.92 Å². The Hall–Kier alpha value is -1.31. The smallest absolute Gasteiger partial charge is 0.227 e. The van der Waals surface area contributed by atoms with Crippen LogP contribution in [0.2, 0.25) is 0 Å². The zero-order chi connectivity index (χ0) is 14.4. The fourth-order valence-corrected chi connectivity index (χ4v) is 2.04. The Kier molecular flexibility index (Phi) is 6.07. The average Bonchev–Trinajstić information content (AvgIpc) is 2.37. The molecule has 0 aromatic heterocycles. The lowest BCUT2D eigenvalue weighted by Crippen LogP contribution is -2.35. The lowest BCUT2D eigenvalue weighted by atomic mass is 9.96. The number of rotatable bonds is 6. The summed E-state index contributed by atoms with van der Waals surface area (Å²) >= 11 is 0. The van der Waals surface area contributed by atoms with Gasteiger partial charge in [0.2, 0.25) is 5.91 Å². The standard InChI is InChI=1S/C17H27NO/c1-6-13(4)18-17(19)14(5)16-9-7-15(8-10-16)11-12(2)3/h7-10,12-14H,6,11H2,1-5H3,(H,18,19)/t13-,14-/m0/s1. The first-order valence-electron chi connectivity index (χ1n) is 7.33. The third kappa shape index (κ3) is 5.06. The summed E-state index contributed by atoms with van der Waals surface area (Å²) < 4.78 is 0. The van der Waals surface area contributed by atoms with Gasteiger partial charge in [0, 0.05) is 6.04 Å². The van der Waals surface area contributed by atoms with Gasteiger partial charge in [0.1, 0.15) is 0 Å². The molecule has 0 unspecified atom stereocenters. The molecule has 0 bridgehead atoms. The summed E-state index contributed by atoms with van der Waals surface area (Å²) in [7, 11) is 0. The molecule has 0 radical (unpaired) electrons. The Bertz CT molecular complexity index is 394. The largest absolute Gasteiger partial charge is 0.353 e. The number of amides is 1. The molecule has 0 heterocycles. The zero-order valence-electron chi connectivity index (χ0n) is 12.9. The summed E-state index contributed by atoms with van der Waals surface area (Å²) in [5, 5.41) is 3.04. The monoisotopic (exact) mass is 261 g/mol. The number of hydrogen-bond acceptors (Lipinski definition) is 1. The topological polar surface area (TPSA) is 29.1 Å². The van der Waals surface area contributed by atoms with Gasteiger partial charge < -0.3 is 5.32 Å². The van der Waals surface area contributed by atoms with Crippen LogP contribution in [0.3, 0.4) is 0 Å². The molecule has 0 spiro atoms. The van der Waals surface area contributed by atoms with Crippen LogP contribution in [-0.2, 0) is 11.2 Å². The van der Waals surface area contributed by atoms with Crippen LogP contribution in [0.1, 0.15) is 58.1 Å². The van der Waals surface area contributed by atoms with E-state index in [1.54, 1.807) is 0 Å². The minimum atomic E-state index is -0.0814. The molecule has 0 saturated carbocycles. The van der Waals surface area contributed by atoms with E-state index in [1.807, 2.05) is 13.8 Å². The summed E-state index contributed by atoms with van der Waals surface area (Å²) in [6.45, 7) is 10.5. The van der Waals surface area contributed by atoms with E-state index in [9.17, 15) is 4.79 Å². The van der Waals surface area contributed by atoms with Crippen molar-refractivity contribution < 1.29 is 4.79 Å². The summed E-state index contributed by atoms with van der Waals surface area (Å²) in [6.07, 6.45) is 2.06. The van der Waals surface area contributed by atoms with Crippen molar-refractivity contribution >= 4 is 5.91 Å². The van der Waals surface area contributed by atoms with E-state index in [4.69, 9.17) is 0 Å². The van der Waals surface area contributed by atoms with Crippen LogP contribution in [0.5, 0.6) is 0 Å². The van der Waals surface area contributed by atoms with E-state index in [-0.39, 0.29) is 17.9 Å². The van der Waals surface area contributed by atoms with Crippen molar-refractivity contribution in [1.82, 2.24) is 5.32 Å². The van der Waals surface area contributed by atoms with Crippen LogP contribution in [0, 0.1) is 5.92 Å². The molecule has 2 atom stereocenters. The van der Waals surface area contributed by atoms with Gasteiger partial charge >= 0.3 is 0 Å². The van der Waals surface area contributed by atoms with E-state index in [2.05, 4.69) is 50.4 Å². The molecule has 2 nitrogen and oxygen atoms in total. The highest BCUT2D eigenvalue weighted by Gasteiger charge is 2.16. The predicted octanol–water partition coefficient (Wildman–Crippen LogP) is 3.90. The molecule has 0 aliphatic rings. The van der Waals surface area contributed by atoms with Crippen LogP contribution in [-0.4, -0.2) is 11.9 Å². The molecule has 0 fully saturated rings. The Morgan fingerprint density at radius 1 is 1.11 bits per heavy atom. The molecule has 1 amide bonds. The number of hydrogen-bond donors (Lipinski definition) is 1. The third-order valence-corrected chi connectivity index (χ3v) is 3.52. The molecule has 1 aromatic carbocycles. The van der Waals surface area contributed by atoms with Crippen LogP contribution in [0.25, 0.3) is 0 Å². The van der Waals surface area contributed by atoms with Crippen molar-refractivity contribution in [3.05, 3.63) is 35.4 Å². The summed E-state index contributed by atoms with van der Waals surface area (Å²) in [5.41, 5.74) is 2.43. The van der Waals surface area contributed by atoms with Crippen LogP contribution in [0.4, 0.5) is 0 Å². The van der Waals surface area contributed by atoms with Gasteiger partial charge in [0.05, 0.1) is 5.92 Å². The second-order valence-corrected chi connectivity index (χ2v) is 5.88. The third-order valence-electron chi connectivity index (χ3n) is 3.52. The highest BCUT2D eigenvalue weighted by molar-refractivity contribution is 5.83. The molecule has 0 aliphatic heterocycles. The molecule has 1 rings (SSSR count). The second kappa shape index (κ2) is 7.32. The quantitative estimate of drug-likeness (QED) is 0.826. The molecule has 1 N–H and O–H groups in total. The Labute approximate surface area is 117 Å². The average molecular weight is 261 g/mol. The predicted molar refractivity (Wildman–Crippen MR) is 81.3 cm³/mol. The van der Waals surface area contributed by atoms with Crippen LogP contribution < -0.4 is 5.32 Å². The molecule has 0 aliphatic carbocycles. The molecule has 1 aromatic rings. The highest BCUT2D eigenvalue weighted by atomic mass is 16.1. The number of nitrogens with one attached hydrogen (secondary N) is 1. The zero-order valence-corrected chi connectivity index (χ0v) is 12.9. The second-order valence-electron chi connectivity index (χ2n) is 5.88. The normalized spacial score (nSPS) is 14.2. The van der Waals surface area contributed by atoms with Gasteiger partial charge in [0.15, 0.2) is 0 Å². The Morgan fingerprint density at radius 3 is 2.16 bits per heavy atom. The number of carbonyl (C=O) groups is 1. The van der Waals surface area contributed by atoms with Crippen LogP contribution in [0.15, 0.2) is 24.3 Å². The van der Waals surface area contributed by atoms with Gasteiger partial charge in [0.25, 0.3) is 0 Å². The lowest BCUT2D eigenvalue weighted by Gasteiger charge is -2.17. The van der Waals surface area contributed by atoms with Gasteiger partial charge in [-0.1, -0.05) is 45.0 Å². The minimum Gasteiger partial charge on any atom is -0.353 e. The minimum absolute atomic E-state index is 0.0814. The van der Waals surface area contributed by atoms with Crippen molar-refractivity contribution in [2.45, 2.75) is 59.4 Å². The van der Waals surface area contributed by atoms with Gasteiger partial charge in [-0.25, -0.2) is 0 Å². The number of benzene rings is 1. The highest BCUT2D eigenvalue weighted by Crippen LogP contribution is 2.18. The molecule has 2 heteroatoms. The van der Waals surface area contributed by atoms with E-state index in [0.717, 1.165) is 18.4 Å². The maximum Gasteiger partial charge on any atom is 0.227 e. The van der Waals surface area contributed by atoms with Gasteiger partial charge in [-0.15, -0.1) is 0 Å². The van der Waals surface area contributed by atoms with Crippen LogP contribution >= 0.6 is 0 Å². The first kappa shape index (κ1) is 15.7. The maximum atomic E-state index is 12.1. The van der Waals surface area contributed by atoms with Crippen molar-refractivity contribution in [3.8, 4) is 0 Å². The van der Waals surface area contributed by atoms with E-state index in [1.165, 1.54) is 5.56 Å². The molecular formula is C17H27NO. The van der Waals surface area contributed by atoms with Gasteiger partial charge in [-0.05, 0) is 43.7 Å². The Balaban J connectivity index is 2.66. The van der Waals surface area contributed by atoms with E-state index in [0.29, 0.717) is 5.92 Å². The molecule has 106 valence electrons. The SMILES string of the molecule is CC[C@H](C)NC(=O)[C@@H](C)c1ccc(CC(C)C)cc1. The van der Waals surface area contributed by atoms with Gasteiger partial charge in [-0.2, -0.15) is 0 Å². The Morgan fingerprint density at radius 2 is 1.68 bits per heavy atom. The van der Waals surface area contributed by atoms with E-state index >= 15 is 0 Å². The fourth-order valence-electron chi connectivity index (χ4n) is 2.04. The molecule has 19 heavy (non-hydrogen) atoms. The number of carbonyl (C=O) groups excluding carboxylic acids is 1. The van der Waals surface area contributed by atoms with Crippen molar-refractivity contribution in [1.29, 1.82) is 0 Å². The molecule has 0 saturated heterocycles. The summed E-state index contributed by atoms with van der Waals surface area (Å²) in [5.74, 6) is 0.699. The fraction of sp³-hybridized carbons (Fsp3) is 0.588. The van der Waals surface area contributed by atoms with Crippen molar-refractivity contribution in [3.63, 3.8) is 0 Å². The van der Waals surface area contributed by atoms with Gasteiger partial charge in [-0.3, -0.25) is 4.79 Å². The van der Waals surface area contributed by atoms with Crippen molar-refractivity contribution in [2.75, 3.05) is 0 Å². The molecular weight excluding hydrogens is 234 g/mol. The van der Waals surface area contributed by atoms with E-state index < -0.39 is 0 Å².